The number of carboxylic acid groups (broad SMARTS) is 1. The Balaban J connectivity index is 4.60. The molecule has 0 rings (SSSR count). The summed E-state index contributed by atoms with van der Waals surface area (Å²) in [5.41, 5.74) is 0. The molecule has 5 nitrogen and oxygen atoms in total. The molecule has 0 bridgehead atoms. The van der Waals surface area contributed by atoms with Crippen molar-refractivity contribution >= 4 is 17.5 Å². The van der Waals surface area contributed by atoms with Crippen LogP contribution in [0.4, 0.5) is 0 Å². The SMILES string of the molecule is CC(=O)C(CC(C#N)C(=O)O)C(C)=O. The Hall–Kier alpha value is -1.70. The highest BCUT2D eigenvalue weighted by Gasteiger charge is 2.27. The maximum absolute atomic E-state index is 10.9. The van der Waals surface area contributed by atoms with E-state index in [-0.39, 0.29) is 6.42 Å². The lowest BCUT2D eigenvalue weighted by atomic mass is 9.90. The number of rotatable bonds is 5. The Morgan fingerprint density at radius 1 is 1.29 bits per heavy atom. The Bertz CT molecular complexity index is 288. The molecule has 0 aromatic carbocycles. The second-order valence-corrected chi connectivity index (χ2v) is 3.03. The van der Waals surface area contributed by atoms with Crippen LogP contribution in [0.3, 0.4) is 0 Å². The van der Waals surface area contributed by atoms with E-state index < -0.39 is 29.4 Å². The molecule has 0 aromatic heterocycles. The third-order valence-corrected chi connectivity index (χ3v) is 1.91. The van der Waals surface area contributed by atoms with Gasteiger partial charge in [0, 0.05) is 0 Å². The number of aliphatic carboxylic acids is 1. The van der Waals surface area contributed by atoms with E-state index in [0.717, 1.165) is 0 Å². The summed E-state index contributed by atoms with van der Waals surface area (Å²) in [7, 11) is 0. The molecule has 5 heteroatoms. The van der Waals surface area contributed by atoms with Crippen LogP contribution in [0.5, 0.6) is 0 Å². The number of hydrogen-bond acceptors (Lipinski definition) is 4. The van der Waals surface area contributed by atoms with Gasteiger partial charge in [-0.25, -0.2) is 0 Å². The second kappa shape index (κ2) is 5.12. The van der Waals surface area contributed by atoms with Crippen molar-refractivity contribution in [1.82, 2.24) is 0 Å². The van der Waals surface area contributed by atoms with E-state index >= 15 is 0 Å². The molecule has 0 aliphatic carbocycles. The number of hydrogen-bond donors (Lipinski definition) is 1. The minimum atomic E-state index is -1.31. The molecule has 0 saturated carbocycles. The van der Waals surface area contributed by atoms with Gasteiger partial charge in [0.25, 0.3) is 0 Å². The maximum atomic E-state index is 10.9. The van der Waals surface area contributed by atoms with Crippen molar-refractivity contribution in [3.8, 4) is 6.07 Å². The smallest absolute Gasteiger partial charge is 0.320 e. The lowest BCUT2D eigenvalue weighted by molar-refractivity contribution is -0.140. The molecule has 0 spiro atoms. The first kappa shape index (κ1) is 12.3. The fourth-order valence-corrected chi connectivity index (χ4v) is 1.06. The van der Waals surface area contributed by atoms with Gasteiger partial charge in [-0.1, -0.05) is 0 Å². The van der Waals surface area contributed by atoms with Crippen molar-refractivity contribution in [1.29, 1.82) is 5.26 Å². The zero-order valence-corrected chi connectivity index (χ0v) is 7.98. The summed E-state index contributed by atoms with van der Waals surface area (Å²) in [6.45, 7) is 2.42. The summed E-state index contributed by atoms with van der Waals surface area (Å²) >= 11 is 0. The van der Waals surface area contributed by atoms with Crippen LogP contribution in [0.25, 0.3) is 0 Å². The highest BCUT2D eigenvalue weighted by atomic mass is 16.4. The molecule has 0 radical (unpaired) electrons. The van der Waals surface area contributed by atoms with Gasteiger partial charge in [-0.15, -0.1) is 0 Å². The maximum Gasteiger partial charge on any atom is 0.320 e. The molecule has 1 N–H and O–H groups in total. The predicted octanol–water partition coefficient (Wildman–Crippen LogP) is 0.395. The molecule has 0 aromatic rings. The molecule has 0 heterocycles. The molecule has 1 atom stereocenters. The van der Waals surface area contributed by atoms with Crippen molar-refractivity contribution in [2.75, 3.05) is 0 Å². The normalized spacial score (nSPS) is 11.9. The number of carboxylic acids is 1. The van der Waals surface area contributed by atoms with E-state index in [9.17, 15) is 14.4 Å². The zero-order valence-electron chi connectivity index (χ0n) is 7.98. The Morgan fingerprint density at radius 2 is 1.71 bits per heavy atom. The van der Waals surface area contributed by atoms with Crippen LogP contribution in [0.15, 0.2) is 0 Å². The third kappa shape index (κ3) is 3.35. The van der Waals surface area contributed by atoms with Gasteiger partial charge in [-0.3, -0.25) is 14.4 Å². The Kier molecular flexibility index (Phi) is 4.50. The molecule has 1 unspecified atom stereocenters. The lowest BCUT2D eigenvalue weighted by Gasteiger charge is -2.10. The van der Waals surface area contributed by atoms with E-state index in [1.54, 1.807) is 0 Å². The van der Waals surface area contributed by atoms with E-state index in [4.69, 9.17) is 10.4 Å². The number of nitriles is 1. The van der Waals surface area contributed by atoms with Crippen LogP contribution in [-0.2, 0) is 14.4 Å². The minimum Gasteiger partial charge on any atom is -0.480 e. The van der Waals surface area contributed by atoms with Crippen LogP contribution in [0.2, 0.25) is 0 Å². The van der Waals surface area contributed by atoms with Crippen LogP contribution < -0.4 is 0 Å². The van der Waals surface area contributed by atoms with Gasteiger partial charge in [0.05, 0.1) is 12.0 Å². The van der Waals surface area contributed by atoms with Gasteiger partial charge in [0.2, 0.25) is 0 Å². The molecule has 76 valence electrons. The standard InChI is InChI=1S/C9H11NO4/c1-5(11)8(6(2)12)3-7(4-10)9(13)14/h7-8H,3H2,1-2H3,(H,13,14). The van der Waals surface area contributed by atoms with Gasteiger partial charge in [-0.2, -0.15) is 5.26 Å². The average molecular weight is 197 g/mol. The lowest BCUT2D eigenvalue weighted by Crippen LogP contribution is -2.25. The minimum absolute atomic E-state index is 0.240. The zero-order chi connectivity index (χ0) is 11.3. The molecule has 0 aliphatic rings. The fraction of sp³-hybridized carbons (Fsp3) is 0.556. The number of nitrogens with zero attached hydrogens (tertiary/aromatic N) is 1. The monoisotopic (exact) mass is 197 g/mol. The van der Waals surface area contributed by atoms with Crippen molar-refractivity contribution in [2.24, 2.45) is 11.8 Å². The van der Waals surface area contributed by atoms with Crippen LogP contribution in [-0.4, -0.2) is 22.6 Å². The molecular weight excluding hydrogens is 186 g/mol. The number of carbonyl (C=O) groups is 3. The Morgan fingerprint density at radius 3 is 1.93 bits per heavy atom. The summed E-state index contributed by atoms with van der Waals surface area (Å²) in [6, 6.07) is 1.54. The highest BCUT2D eigenvalue weighted by Crippen LogP contribution is 2.14. The summed E-state index contributed by atoms with van der Waals surface area (Å²) in [4.78, 5) is 32.3. The number of ketones is 2. The van der Waals surface area contributed by atoms with Gasteiger partial charge in [-0.05, 0) is 20.3 Å². The molecular formula is C9H11NO4. The summed E-state index contributed by atoms with van der Waals surface area (Å²) in [6.07, 6.45) is -0.240. The summed E-state index contributed by atoms with van der Waals surface area (Å²) < 4.78 is 0. The Labute approximate surface area is 81.3 Å². The number of Topliss-reactive ketones (excluding diaryl/α,β-unsaturated/α-hetero) is 2. The van der Waals surface area contributed by atoms with E-state index in [1.807, 2.05) is 0 Å². The van der Waals surface area contributed by atoms with Gasteiger partial charge in [0.15, 0.2) is 0 Å². The van der Waals surface area contributed by atoms with E-state index in [1.165, 1.54) is 19.9 Å². The molecule has 0 fully saturated rings. The fourth-order valence-electron chi connectivity index (χ4n) is 1.06. The van der Waals surface area contributed by atoms with E-state index in [2.05, 4.69) is 0 Å². The van der Waals surface area contributed by atoms with Crippen LogP contribution >= 0.6 is 0 Å². The third-order valence-electron chi connectivity index (χ3n) is 1.91. The molecule has 14 heavy (non-hydrogen) atoms. The number of carbonyl (C=O) groups excluding carboxylic acids is 2. The first-order valence-electron chi connectivity index (χ1n) is 4.03. The van der Waals surface area contributed by atoms with Crippen molar-refractivity contribution in [3.63, 3.8) is 0 Å². The van der Waals surface area contributed by atoms with Crippen molar-refractivity contribution in [2.45, 2.75) is 20.3 Å². The van der Waals surface area contributed by atoms with Crippen LogP contribution in [0, 0.1) is 23.2 Å². The summed E-state index contributed by atoms with van der Waals surface area (Å²) in [5.74, 6) is -4.39. The first-order chi connectivity index (χ1) is 6.40. The predicted molar refractivity (Wildman–Crippen MR) is 46.2 cm³/mol. The van der Waals surface area contributed by atoms with Crippen molar-refractivity contribution in [3.05, 3.63) is 0 Å². The highest BCUT2D eigenvalue weighted by molar-refractivity contribution is 6.00. The van der Waals surface area contributed by atoms with Gasteiger partial charge >= 0.3 is 5.97 Å². The average Bonchev–Trinajstić information content (AvgIpc) is 2.03. The molecule has 0 aliphatic heterocycles. The van der Waals surface area contributed by atoms with Gasteiger partial charge < -0.3 is 5.11 Å². The quantitative estimate of drug-likeness (QED) is 0.643. The van der Waals surface area contributed by atoms with Crippen LogP contribution in [0.1, 0.15) is 20.3 Å². The second-order valence-electron chi connectivity index (χ2n) is 3.03. The molecule has 0 saturated heterocycles. The van der Waals surface area contributed by atoms with Crippen molar-refractivity contribution < 1.29 is 19.5 Å². The van der Waals surface area contributed by atoms with Gasteiger partial charge in [0.1, 0.15) is 17.5 Å². The largest absolute Gasteiger partial charge is 0.480 e. The summed E-state index contributed by atoms with van der Waals surface area (Å²) in [5, 5.41) is 17.0. The topological polar surface area (TPSA) is 95.2 Å². The van der Waals surface area contributed by atoms with E-state index in [0.29, 0.717) is 0 Å². The first-order valence-corrected chi connectivity index (χ1v) is 4.03. The molecule has 0 amide bonds.